The van der Waals surface area contributed by atoms with Gasteiger partial charge < -0.3 is 4.57 Å². The van der Waals surface area contributed by atoms with Crippen LogP contribution < -0.4 is 0 Å². The second kappa shape index (κ2) is 14.2. The van der Waals surface area contributed by atoms with Gasteiger partial charge in [0.2, 0.25) is 5.95 Å². The summed E-state index contributed by atoms with van der Waals surface area (Å²) >= 11 is 1.69. The van der Waals surface area contributed by atoms with Crippen LogP contribution in [0, 0.1) is 0 Å². The Morgan fingerprint density at radius 3 is 1.60 bits per heavy atom. The third kappa shape index (κ3) is 5.71. The van der Waals surface area contributed by atoms with E-state index in [2.05, 4.69) is 179 Å². The summed E-state index contributed by atoms with van der Waals surface area (Å²) in [6.45, 7) is 0. The molecular formula is C56H34N6S. The minimum Gasteiger partial charge on any atom is -0.309 e. The molecule has 0 saturated carbocycles. The van der Waals surface area contributed by atoms with Crippen molar-refractivity contribution in [1.29, 1.82) is 0 Å². The molecule has 6 nitrogen and oxygen atoms in total. The van der Waals surface area contributed by atoms with E-state index in [0.717, 1.165) is 81.4 Å². The van der Waals surface area contributed by atoms with Gasteiger partial charge in [0.1, 0.15) is 5.69 Å². The van der Waals surface area contributed by atoms with E-state index in [1.165, 1.54) is 21.8 Å². The molecule has 0 amide bonds. The van der Waals surface area contributed by atoms with Crippen LogP contribution in [0.5, 0.6) is 0 Å². The quantitative estimate of drug-likeness (QED) is 0.168. The van der Waals surface area contributed by atoms with Gasteiger partial charge in [-0.15, -0.1) is 11.3 Å². The van der Waals surface area contributed by atoms with Gasteiger partial charge in [0, 0.05) is 48.4 Å². The van der Waals surface area contributed by atoms with Crippen molar-refractivity contribution in [2.45, 2.75) is 0 Å². The predicted molar refractivity (Wildman–Crippen MR) is 261 cm³/mol. The lowest BCUT2D eigenvalue weighted by atomic mass is 10.0. The Kier molecular flexibility index (Phi) is 7.98. The SMILES string of the molecule is c1ccc(-c2cc(-c3ccccc3)nc(-c3nc(-n4c5ccccc5c5ccc(-c6ccc7c(c6)c6ccccc6n7-c6ccccc6)cc54)nc4c3sc3ccccc34)n2)cc1. The molecule has 0 aliphatic rings. The van der Waals surface area contributed by atoms with Crippen molar-refractivity contribution in [1.82, 2.24) is 29.1 Å². The molecule has 0 fully saturated rings. The van der Waals surface area contributed by atoms with Crippen LogP contribution >= 0.6 is 11.3 Å². The molecule has 0 aliphatic carbocycles. The normalized spacial score (nSPS) is 11.8. The smallest absolute Gasteiger partial charge is 0.236 e. The number of thiophene rings is 1. The number of para-hydroxylation sites is 3. The first-order valence-corrected chi connectivity index (χ1v) is 21.9. The standard InChI is InChI=1S/C56H34N6S/c1-4-16-35(17-5-1)45-34-46(36-18-6-2-7-19-36)58-55(57-45)53-54-52(43-24-12-15-27-51(43)63-54)59-56(60-53)62-48-26-14-10-22-40(48)42-30-28-38(33-50(42)62)37-29-31-49-44(32-37)41-23-11-13-25-47(41)61(49)39-20-8-3-9-21-39/h1-34H. The van der Waals surface area contributed by atoms with Crippen molar-refractivity contribution in [3.05, 3.63) is 206 Å². The molecule has 0 radical (unpaired) electrons. The first-order chi connectivity index (χ1) is 31.2. The number of hydrogen-bond donors (Lipinski definition) is 0. The van der Waals surface area contributed by atoms with Crippen LogP contribution in [0.3, 0.4) is 0 Å². The lowest BCUT2D eigenvalue weighted by Gasteiger charge is -2.12. The second-order valence-electron chi connectivity index (χ2n) is 15.8. The average Bonchev–Trinajstić information content (AvgIpc) is 4.01. The molecule has 13 rings (SSSR count). The highest BCUT2D eigenvalue weighted by molar-refractivity contribution is 7.26. The van der Waals surface area contributed by atoms with Crippen molar-refractivity contribution in [3.8, 4) is 56.8 Å². The van der Waals surface area contributed by atoms with E-state index in [0.29, 0.717) is 17.5 Å². The molecule has 8 aromatic carbocycles. The van der Waals surface area contributed by atoms with Gasteiger partial charge in [0.05, 0.1) is 43.7 Å². The summed E-state index contributed by atoms with van der Waals surface area (Å²) in [5, 5.41) is 5.77. The van der Waals surface area contributed by atoms with E-state index >= 15 is 0 Å². The molecule has 13 aromatic rings. The zero-order chi connectivity index (χ0) is 41.4. The summed E-state index contributed by atoms with van der Waals surface area (Å²) in [6, 6.07) is 72.6. The van der Waals surface area contributed by atoms with E-state index in [-0.39, 0.29) is 0 Å². The van der Waals surface area contributed by atoms with Crippen molar-refractivity contribution in [2.75, 3.05) is 0 Å². The minimum absolute atomic E-state index is 0.555. The van der Waals surface area contributed by atoms with Crippen LogP contribution in [-0.2, 0) is 0 Å². The Hall–Kier alpha value is -8.26. The minimum atomic E-state index is 0.555. The Morgan fingerprint density at radius 1 is 0.349 bits per heavy atom. The number of rotatable bonds is 6. The van der Waals surface area contributed by atoms with Crippen molar-refractivity contribution >= 4 is 75.3 Å². The third-order valence-corrected chi connectivity index (χ3v) is 13.3. The summed E-state index contributed by atoms with van der Waals surface area (Å²) in [5.41, 5.74) is 13.1. The Balaban J connectivity index is 1.06. The first-order valence-electron chi connectivity index (χ1n) is 21.1. The van der Waals surface area contributed by atoms with Gasteiger partial charge in [-0.2, -0.15) is 0 Å². The zero-order valence-electron chi connectivity index (χ0n) is 33.7. The Bertz CT molecular complexity index is 3850. The van der Waals surface area contributed by atoms with Crippen LogP contribution in [0.2, 0.25) is 0 Å². The summed E-state index contributed by atoms with van der Waals surface area (Å²) in [5.74, 6) is 1.13. The van der Waals surface area contributed by atoms with E-state index in [1.807, 2.05) is 36.4 Å². The van der Waals surface area contributed by atoms with E-state index < -0.39 is 0 Å². The second-order valence-corrected chi connectivity index (χ2v) is 16.9. The lowest BCUT2D eigenvalue weighted by molar-refractivity contribution is 1.01. The Labute approximate surface area is 365 Å². The van der Waals surface area contributed by atoms with E-state index in [9.17, 15) is 0 Å². The Morgan fingerprint density at radius 2 is 0.889 bits per heavy atom. The summed E-state index contributed by atoms with van der Waals surface area (Å²) in [7, 11) is 0. The maximum atomic E-state index is 5.52. The maximum Gasteiger partial charge on any atom is 0.236 e. The van der Waals surface area contributed by atoms with Crippen LogP contribution in [0.25, 0.3) is 121 Å². The van der Waals surface area contributed by atoms with Gasteiger partial charge in [0.15, 0.2) is 5.82 Å². The fraction of sp³-hybridized carbons (Fsp3) is 0. The highest BCUT2D eigenvalue weighted by Crippen LogP contribution is 2.42. The number of hydrogen-bond acceptors (Lipinski definition) is 5. The third-order valence-electron chi connectivity index (χ3n) is 12.2. The van der Waals surface area contributed by atoms with Gasteiger partial charge in [-0.1, -0.05) is 152 Å². The van der Waals surface area contributed by atoms with Crippen LogP contribution in [0.4, 0.5) is 0 Å². The molecule has 5 heterocycles. The number of aromatic nitrogens is 6. The molecule has 294 valence electrons. The average molecular weight is 823 g/mol. The predicted octanol–water partition coefficient (Wildman–Crippen LogP) is 14.5. The molecule has 7 heteroatoms. The lowest BCUT2D eigenvalue weighted by Crippen LogP contribution is -2.05. The fourth-order valence-corrected chi connectivity index (χ4v) is 10.4. The molecule has 5 aromatic heterocycles. The number of nitrogens with zero attached hydrogens (tertiary/aromatic N) is 6. The molecule has 0 spiro atoms. The first kappa shape index (κ1) is 35.5. The fourth-order valence-electron chi connectivity index (χ4n) is 9.27. The molecule has 0 aliphatic heterocycles. The number of benzene rings is 8. The summed E-state index contributed by atoms with van der Waals surface area (Å²) < 4.78 is 6.67. The molecule has 0 unspecified atom stereocenters. The van der Waals surface area contributed by atoms with Gasteiger partial charge >= 0.3 is 0 Å². The zero-order valence-corrected chi connectivity index (χ0v) is 34.5. The van der Waals surface area contributed by atoms with Gasteiger partial charge in [-0.3, -0.25) is 4.57 Å². The molecule has 0 N–H and O–H groups in total. The summed E-state index contributed by atoms with van der Waals surface area (Å²) in [4.78, 5) is 21.6. The molecular weight excluding hydrogens is 789 g/mol. The van der Waals surface area contributed by atoms with Crippen molar-refractivity contribution in [3.63, 3.8) is 0 Å². The van der Waals surface area contributed by atoms with Crippen LogP contribution in [0.1, 0.15) is 0 Å². The molecule has 63 heavy (non-hydrogen) atoms. The molecule has 0 bridgehead atoms. The molecule has 0 atom stereocenters. The summed E-state index contributed by atoms with van der Waals surface area (Å²) in [6.07, 6.45) is 0. The van der Waals surface area contributed by atoms with Gasteiger partial charge in [-0.25, -0.2) is 19.9 Å². The monoisotopic (exact) mass is 822 g/mol. The van der Waals surface area contributed by atoms with Crippen LogP contribution in [0.15, 0.2) is 206 Å². The highest BCUT2D eigenvalue weighted by Gasteiger charge is 2.23. The van der Waals surface area contributed by atoms with Gasteiger partial charge in [-0.05, 0) is 65.7 Å². The van der Waals surface area contributed by atoms with Crippen LogP contribution in [-0.4, -0.2) is 29.1 Å². The number of fused-ring (bicyclic) bond motifs is 9. The largest absolute Gasteiger partial charge is 0.309 e. The van der Waals surface area contributed by atoms with Gasteiger partial charge in [0.25, 0.3) is 0 Å². The molecule has 0 saturated heterocycles. The van der Waals surface area contributed by atoms with E-state index in [4.69, 9.17) is 19.9 Å². The van der Waals surface area contributed by atoms with Crippen molar-refractivity contribution in [2.24, 2.45) is 0 Å². The van der Waals surface area contributed by atoms with Crippen molar-refractivity contribution < 1.29 is 0 Å². The van der Waals surface area contributed by atoms with E-state index in [1.54, 1.807) is 11.3 Å². The topological polar surface area (TPSA) is 61.4 Å². The highest BCUT2D eigenvalue weighted by atomic mass is 32.1. The maximum absolute atomic E-state index is 5.52.